The van der Waals surface area contributed by atoms with Gasteiger partial charge in [-0.1, -0.05) is 13.8 Å². The minimum atomic E-state index is -3.55. The quantitative estimate of drug-likeness (QED) is 0.754. The number of hydrogen-bond donors (Lipinski definition) is 2. The van der Waals surface area contributed by atoms with Crippen molar-refractivity contribution in [1.82, 2.24) is 14.9 Å². The number of likely N-dealkylation sites (N-methyl/N-ethyl adjacent to an activating group) is 1. The second kappa shape index (κ2) is 7.40. The molecule has 1 aromatic rings. The van der Waals surface area contributed by atoms with Gasteiger partial charge in [-0.25, -0.2) is 13.1 Å². The van der Waals surface area contributed by atoms with Gasteiger partial charge in [0, 0.05) is 31.2 Å². The molecule has 7 heteroatoms. The highest BCUT2D eigenvalue weighted by Crippen LogP contribution is 2.26. The van der Waals surface area contributed by atoms with Gasteiger partial charge in [0.05, 0.1) is 0 Å². The van der Waals surface area contributed by atoms with Crippen LogP contribution in [0.4, 0.5) is 0 Å². The van der Waals surface area contributed by atoms with E-state index in [0.717, 1.165) is 0 Å². The van der Waals surface area contributed by atoms with Crippen molar-refractivity contribution in [3.05, 3.63) is 17.1 Å². The molecule has 122 valence electrons. The van der Waals surface area contributed by atoms with Gasteiger partial charge in [-0.15, -0.1) is 0 Å². The summed E-state index contributed by atoms with van der Waals surface area (Å²) >= 11 is 0. The van der Waals surface area contributed by atoms with Crippen LogP contribution in [0, 0.1) is 13.8 Å². The topological polar surface area (TPSA) is 74.6 Å². The first kappa shape index (κ1) is 18.2. The largest absolute Gasteiger partial charge is 0.465 e. The van der Waals surface area contributed by atoms with Crippen LogP contribution < -0.4 is 10.0 Å². The Morgan fingerprint density at radius 2 is 1.81 bits per heavy atom. The van der Waals surface area contributed by atoms with Crippen LogP contribution in [-0.2, 0) is 16.6 Å². The van der Waals surface area contributed by atoms with Gasteiger partial charge in [0.1, 0.15) is 16.4 Å². The van der Waals surface area contributed by atoms with Crippen molar-refractivity contribution in [3.63, 3.8) is 0 Å². The molecule has 0 spiro atoms. The Morgan fingerprint density at radius 3 is 2.33 bits per heavy atom. The zero-order chi connectivity index (χ0) is 16.2. The minimum Gasteiger partial charge on any atom is -0.465 e. The lowest BCUT2D eigenvalue weighted by atomic mass is 10.2. The summed E-state index contributed by atoms with van der Waals surface area (Å²) in [7, 11) is 0.250. The first-order valence-electron chi connectivity index (χ1n) is 7.11. The average molecular weight is 317 g/mol. The van der Waals surface area contributed by atoms with Crippen LogP contribution in [0.3, 0.4) is 0 Å². The molecule has 0 saturated carbocycles. The van der Waals surface area contributed by atoms with Gasteiger partial charge in [0.25, 0.3) is 0 Å². The van der Waals surface area contributed by atoms with E-state index >= 15 is 0 Å². The molecular weight excluding hydrogens is 290 g/mol. The molecule has 0 aliphatic rings. The van der Waals surface area contributed by atoms with Crippen LogP contribution in [0.5, 0.6) is 0 Å². The molecule has 0 radical (unpaired) electrons. The highest BCUT2D eigenvalue weighted by molar-refractivity contribution is 7.89. The van der Waals surface area contributed by atoms with Crippen molar-refractivity contribution in [2.24, 2.45) is 0 Å². The number of nitrogens with one attached hydrogen (secondary N) is 2. The SMILES string of the molecule is Cc1oc(C)c(S(=O)(=O)NCCN(C)C)c1CNC(C)C. The van der Waals surface area contributed by atoms with Crippen LogP contribution in [0.2, 0.25) is 0 Å². The van der Waals surface area contributed by atoms with Crippen LogP contribution in [0.1, 0.15) is 30.9 Å². The van der Waals surface area contributed by atoms with Crippen molar-refractivity contribution in [1.29, 1.82) is 0 Å². The molecule has 0 unspecified atom stereocenters. The fourth-order valence-corrected chi connectivity index (χ4v) is 3.51. The van der Waals surface area contributed by atoms with Crippen LogP contribution in [0.25, 0.3) is 0 Å². The van der Waals surface area contributed by atoms with Gasteiger partial charge >= 0.3 is 0 Å². The summed E-state index contributed by atoms with van der Waals surface area (Å²) in [6.45, 7) is 9.02. The standard InChI is InChI=1S/C14H27N3O3S/c1-10(2)15-9-13-11(3)20-12(4)14(13)21(18,19)16-7-8-17(5)6/h10,15-16H,7-9H2,1-6H3. The summed E-state index contributed by atoms with van der Waals surface area (Å²) in [5, 5.41) is 3.24. The van der Waals surface area contributed by atoms with Crippen LogP contribution >= 0.6 is 0 Å². The van der Waals surface area contributed by atoms with E-state index in [1.54, 1.807) is 13.8 Å². The van der Waals surface area contributed by atoms with E-state index < -0.39 is 10.0 Å². The lowest BCUT2D eigenvalue weighted by Crippen LogP contribution is -2.32. The highest BCUT2D eigenvalue weighted by Gasteiger charge is 2.26. The molecular formula is C14H27N3O3S. The summed E-state index contributed by atoms with van der Waals surface area (Å²) in [6, 6.07) is 0.275. The predicted octanol–water partition coefficient (Wildman–Crippen LogP) is 1.23. The minimum absolute atomic E-state index is 0.270. The highest BCUT2D eigenvalue weighted by atomic mass is 32.2. The zero-order valence-electron chi connectivity index (χ0n) is 13.8. The Morgan fingerprint density at radius 1 is 1.19 bits per heavy atom. The third kappa shape index (κ3) is 5.10. The molecule has 21 heavy (non-hydrogen) atoms. The van der Waals surface area contributed by atoms with E-state index in [1.165, 1.54) is 0 Å². The monoisotopic (exact) mass is 317 g/mol. The molecule has 0 aliphatic heterocycles. The molecule has 0 amide bonds. The molecule has 0 aliphatic carbocycles. The number of nitrogens with zero attached hydrogens (tertiary/aromatic N) is 1. The second-order valence-electron chi connectivity index (χ2n) is 5.76. The smallest absolute Gasteiger partial charge is 0.244 e. The Balaban J connectivity index is 2.99. The van der Waals surface area contributed by atoms with E-state index in [4.69, 9.17) is 4.42 Å². The van der Waals surface area contributed by atoms with Crippen molar-refractivity contribution in [2.45, 2.75) is 45.2 Å². The molecule has 1 heterocycles. The van der Waals surface area contributed by atoms with Crippen LogP contribution in [-0.4, -0.2) is 46.5 Å². The summed E-state index contributed by atoms with van der Waals surface area (Å²) < 4.78 is 33.1. The van der Waals surface area contributed by atoms with Gasteiger partial charge in [0.15, 0.2) is 0 Å². The summed E-state index contributed by atoms with van der Waals surface area (Å²) in [4.78, 5) is 2.20. The lowest BCUT2D eigenvalue weighted by Gasteiger charge is -2.13. The van der Waals surface area contributed by atoms with Crippen molar-refractivity contribution >= 4 is 10.0 Å². The van der Waals surface area contributed by atoms with Crippen LogP contribution in [0.15, 0.2) is 9.31 Å². The molecule has 1 aromatic heterocycles. The van der Waals surface area contributed by atoms with Crippen molar-refractivity contribution in [2.75, 3.05) is 27.2 Å². The number of furan rings is 1. The number of sulfonamides is 1. The molecule has 0 aromatic carbocycles. The van der Waals surface area contributed by atoms with Gasteiger partial charge in [-0.3, -0.25) is 0 Å². The molecule has 0 atom stereocenters. The first-order valence-corrected chi connectivity index (χ1v) is 8.60. The molecule has 0 bridgehead atoms. The zero-order valence-corrected chi connectivity index (χ0v) is 14.6. The maximum Gasteiger partial charge on any atom is 0.244 e. The van der Waals surface area contributed by atoms with E-state index in [0.29, 0.717) is 36.7 Å². The van der Waals surface area contributed by atoms with Gasteiger partial charge in [-0.2, -0.15) is 0 Å². The maximum atomic E-state index is 12.5. The fraction of sp³-hybridized carbons (Fsp3) is 0.714. The third-order valence-corrected chi connectivity index (χ3v) is 4.79. The van der Waals surface area contributed by atoms with Gasteiger partial charge in [-0.05, 0) is 27.9 Å². The van der Waals surface area contributed by atoms with Gasteiger partial charge in [0.2, 0.25) is 10.0 Å². The average Bonchev–Trinajstić information content (AvgIpc) is 2.60. The summed E-state index contributed by atoms with van der Waals surface area (Å²) in [5.74, 6) is 1.08. The fourth-order valence-electron chi connectivity index (χ4n) is 2.05. The lowest BCUT2D eigenvalue weighted by molar-refractivity contribution is 0.412. The third-order valence-electron chi connectivity index (χ3n) is 3.13. The molecule has 6 nitrogen and oxygen atoms in total. The first-order chi connectivity index (χ1) is 9.65. The summed E-state index contributed by atoms with van der Waals surface area (Å²) in [6.07, 6.45) is 0. The van der Waals surface area contributed by atoms with E-state index in [2.05, 4.69) is 10.0 Å². The molecule has 0 fully saturated rings. The number of aryl methyl sites for hydroxylation is 2. The van der Waals surface area contributed by atoms with Gasteiger partial charge < -0.3 is 14.6 Å². The number of hydrogen-bond acceptors (Lipinski definition) is 5. The predicted molar refractivity (Wildman–Crippen MR) is 83.9 cm³/mol. The van der Waals surface area contributed by atoms with Crippen molar-refractivity contribution in [3.8, 4) is 0 Å². The van der Waals surface area contributed by atoms with Crippen molar-refractivity contribution < 1.29 is 12.8 Å². The second-order valence-corrected chi connectivity index (χ2v) is 7.46. The Hall–Kier alpha value is -0.890. The van der Waals surface area contributed by atoms with E-state index in [1.807, 2.05) is 32.8 Å². The Kier molecular flexibility index (Phi) is 6.40. The molecule has 0 saturated heterocycles. The summed E-state index contributed by atoms with van der Waals surface area (Å²) in [5.41, 5.74) is 0.707. The molecule has 1 rings (SSSR count). The number of rotatable bonds is 8. The van der Waals surface area contributed by atoms with E-state index in [9.17, 15) is 8.42 Å². The Labute approximate surface area is 127 Å². The van der Waals surface area contributed by atoms with E-state index in [-0.39, 0.29) is 10.9 Å². The Bertz CT molecular complexity index is 562. The maximum absolute atomic E-state index is 12.5. The molecule has 2 N–H and O–H groups in total. The normalized spacial score (nSPS) is 12.6.